The van der Waals surface area contributed by atoms with Crippen molar-refractivity contribution in [1.29, 1.82) is 0 Å². The summed E-state index contributed by atoms with van der Waals surface area (Å²) in [6.07, 6.45) is 3.37. The molecule has 1 fully saturated rings. The maximum absolute atomic E-state index is 12.4. The van der Waals surface area contributed by atoms with Gasteiger partial charge in [-0.2, -0.15) is 0 Å². The highest BCUT2D eigenvalue weighted by molar-refractivity contribution is 7.85. The van der Waals surface area contributed by atoms with Crippen LogP contribution in [0, 0.1) is 5.92 Å². The summed E-state index contributed by atoms with van der Waals surface area (Å²) < 4.78 is 18.1. The molecule has 36 heavy (non-hydrogen) atoms. The van der Waals surface area contributed by atoms with Crippen molar-refractivity contribution in [3.05, 3.63) is 48.3 Å². The molecule has 1 unspecified atom stereocenters. The average molecular weight is 509 g/mol. The number of ether oxygens (including phenoxy) is 1. The van der Waals surface area contributed by atoms with E-state index in [0.29, 0.717) is 22.2 Å². The molecule has 10 nitrogen and oxygen atoms in total. The third-order valence-corrected chi connectivity index (χ3v) is 7.12. The summed E-state index contributed by atoms with van der Waals surface area (Å²) in [6, 6.07) is 10.7. The molecule has 0 aliphatic heterocycles. The largest absolute Gasteiger partial charge is 0.494 e. The fourth-order valence-electron chi connectivity index (χ4n) is 3.54. The van der Waals surface area contributed by atoms with E-state index >= 15 is 0 Å². The third kappa shape index (κ3) is 5.51. The Morgan fingerprint density at radius 3 is 2.50 bits per heavy atom. The molecule has 1 saturated carbocycles. The molecule has 2 amide bonds. The summed E-state index contributed by atoms with van der Waals surface area (Å²) in [6.45, 7) is 3.77. The lowest BCUT2D eigenvalue weighted by atomic mass is 10.1. The fraction of sp³-hybridized carbons (Fsp3) is 0.320. The van der Waals surface area contributed by atoms with Gasteiger partial charge in [0.2, 0.25) is 5.91 Å². The predicted octanol–water partition coefficient (Wildman–Crippen LogP) is 3.51. The average Bonchev–Trinajstić information content (AvgIpc) is 3.74. The van der Waals surface area contributed by atoms with Crippen LogP contribution in [0.3, 0.4) is 0 Å². The highest BCUT2D eigenvalue weighted by atomic mass is 32.2. The number of carbonyl (C=O) groups excluding carboxylic acids is 2. The first-order chi connectivity index (χ1) is 17.3. The number of nitrogens with one attached hydrogen (secondary N) is 3. The van der Waals surface area contributed by atoms with Crippen molar-refractivity contribution in [1.82, 2.24) is 20.5 Å². The lowest BCUT2D eigenvalue weighted by molar-refractivity contribution is -0.117. The van der Waals surface area contributed by atoms with Gasteiger partial charge in [0.25, 0.3) is 5.91 Å². The van der Waals surface area contributed by atoms with Gasteiger partial charge in [-0.05, 0) is 31.0 Å². The lowest BCUT2D eigenvalue weighted by Gasteiger charge is -2.17. The Morgan fingerprint density at radius 1 is 1.11 bits per heavy atom. The van der Waals surface area contributed by atoms with Gasteiger partial charge in [-0.25, -0.2) is 4.98 Å². The molecule has 1 aliphatic carbocycles. The van der Waals surface area contributed by atoms with Gasteiger partial charge in [0.15, 0.2) is 11.5 Å². The Hall–Kier alpha value is -3.86. The predicted molar refractivity (Wildman–Crippen MR) is 138 cm³/mol. The van der Waals surface area contributed by atoms with Crippen molar-refractivity contribution < 1.29 is 18.5 Å². The van der Waals surface area contributed by atoms with Crippen LogP contribution < -0.4 is 20.7 Å². The van der Waals surface area contributed by atoms with Crippen LogP contribution >= 0.6 is 0 Å². The number of pyridine rings is 1. The zero-order valence-corrected chi connectivity index (χ0v) is 21.3. The van der Waals surface area contributed by atoms with Gasteiger partial charge in [0.05, 0.1) is 29.3 Å². The van der Waals surface area contributed by atoms with Gasteiger partial charge in [0.1, 0.15) is 10.8 Å². The molecule has 188 valence electrons. The quantitative estimate of drug-likeness (QED) is 0.400. The smallest absolute Gasteiger partial charge is 0.273 e. The van der Waals surface area contributed by atoms with Crippen molar-refractivity contribution in [2.75, 3.05) is 24.8 Å². The Labute approximate surface area is 211 Å². The number of carbonyl (C=O) groups is 2. The standard InChI is InChI=1S/C25H28N6O4S/c1-14(2)36(34)21-11-10-16(13-27-21)17-6-5-7-18(23(17)35-4)28-19-12-20(29-24(32)15-8-9-15)30-31-22(19)25(33)26-3/h5-7,10-15H,8-9H2,1-4H3,(H,26,33)(H2,28,29,30,32). The van der Waals surface area contributed by atoms with E-state index in [4.69, 9.17) is 4.74 Å². The summed E-state index contributed by atoms with van der Waals surface area (Å²) in [5, 5.41) is 17.0. The van der Waals surface area contributed by atoms with Crippen molar-refractivity contribution >= 4 is 39.8 Å². The van der Waals surface area contributed by atoms with Gasteiger partial charge >= 0.3 is 0 Å². The number of nitrogens with zero attached hydrogens (tertiary/aromatic N) is 3. The molecule has 1 aromatic carbocycles. The fourth-order valence-corrected chi connectivity index (χ4v) is 4.38. The normalized spacial score (nSPS) is 13.7. The zero-order chi connectivity index (χ0) is 25.8. The number of para-hydroxylation sites is 1. The van der Waals surface area contributed by atoms with Crippen LogP contribution in [0.25, 0.3) is 11.1 Å². The number of aromatic nitrogens is 3. The topological polar surface area (TPSA) is 135 Å². The van der Waals surface area contributed by atoms with Gasteiger partial charge in [-0.1, -0.05) is 26.0 Å². The number of hydrogen-bond donors (Lipinski definition) is 3. The third-order valence-electron chi connectivity index (χ3n) is 5.61. The monoisotopic (exact) mass is 508 g/mol. The van der Waals surface area contributed by atoms with Crippen LogP contribution in [0.5, 0.6) is 5.75 Å². The number of anilines is 3. The molecule has 2 aromatic heterocycles. The van der Waals surface area contributed by atoms with Crippen molar-refractivity contribution in [3.63, 3.8) is 0 Å². The molecule has 1 atom stereocenters. The van der Waals surface area contributed by atoms with E-state index in [1.807, 2.05) is 32.0 Å². The van der Waals surface area contributed by atoms with E-state index in [-0.39, 0.29) is 28.6 Å². The molecular formula is C25H28N6O4S. The molecule has 0 bridgehead atoms. The second-order valence-corrected chi connectivity index (χ2v) is 10.5. The molecule has 4 rings (SSSR count). The minimum atomic E-state index is -1.19. The summed E-state index contributed by atoms with van der Waals surface area (Å²) in [4.78, 5) is 29.0. The summed E-state index contributed by atoms with van der Waals surface area (Å²) in [5.41, 5.74) is 2.52. The summed E-state index contributed by atoms with van der Waals surface area (Å²) >= 11 is 0. The first kappa shape index (κ1) is 25.2. The van der Waals surface area contributed by atoms with Crippen molar-refractivity contribution in [2.24, 2.45) is 5.92 Å². The van der Waals surface area contributed by atoms with Crippen LogP contribution in [0.2, 0.25) is 0 Å². The number of benzene rings is 1. The van der Waals surface area contributed by atoms with Crippen LogP contribution in [0.1, 0.15) is 37.2 Å². The molecule has 0 saturated heterocycles. The Bertz CT molecular complexity index is 1310. The SMILES string of the molecule is CNC(=O)c1nnc(NC(=O)C2CC2)cc1Nc1cccc(-c2ccc(S(=O)C(C)C)nc2)c1OC. The Kier molecular flexibility index (Phi) is 7.58. The van der Waals surface area contributed by atoms with Crippen LogP contribution in [0.15, 0.2) is 47.6 Å². The maximum Gasteiger partial charge on any atom is 0.273 e. The van der Waals surface area contributed by atoms with Gasteiger partial charge in [-0.3, -0.25) is 13.8 Å². The van der Waals surface area contributed by atoms with E-state index in [0.717, 1.165) is 24.0 Å². The number of methoxy groups -OCH3 is 1. The molecule has 3 aromatic rings. The van der Waals surface area contributed by atoms with Crippen molar-refractivity contribution in [2.45, 2.75) is 37.0 Å². The lowest BCUT2D eigenvalue weighted by Crippen LogP contribution is -2.22. The highest BCUT2D eigenvalue weighted by Gasteiger charge is 2.30. The number of rotatable bonds is 9. The zero-order valence-electron chi connectivity index (χ0n) is 20.5. The number of amides is 2. The first-order valence-electron chi connectivity index (χ1n) is 11.5. The van der Waals surface area contributed by atoms with E-state index < -0.39 is 16.7 Å². The van der Waals surface area contributed by atoms with Crippen LogP contribution in [0.4, 0.5) is 17.2 Å². The Morgan fingerprint density at radius 2 is 1.89 bits per heavy atom. The summed E-state index contributed by atoms with van der Waals surface area (Å²) in [7, 11) is 1.86. The molecule has 0 spiro atoms. The minimum Gasteiger partial charge on any atom is -0.494 e. The summed E-state index contributed by atoms with van der Waals surface area (Å²) in [5.74, 6) is 0.210. The molecule has 11 heteroatoms. The molecule has 0 radical (unpaired) electrons. The maximum atomic E-state index is 12.4. The van der Waals surface area contributed by atoms with E-state index in [1.165, 1.54) is 7.05 Å². The second-order valence-electron chi connectivity index (χ2n) is 8.58. The second kappa shape index (κ2) is 10.8. The van der Waals surface area contributed by atoms with Gasteiger partial charge in [0, 0.05) is 41.6 Å². The van der Waals surface area contributed by atoms with E-state index in [2.05, 4.69) is 31.1 Å². The molecule has 3 N–H and O–H groups in total. The van der Waals surface area contributed by atoms with E-state index in [9.17, 15) is 13.8 Å². The van der Waals surface area contributed by atoms with Gasteiger partial charge < -0.3 is 20.7 Å². The minimum absolute atomic E-state index is 0.00318. The molecular weight excluding hydrogens is 480 g/mol. The first-order valence-corrected chi connectivity index (χ1v) is 12.7. The van der Waals surface area contributed by atoms with Gasteiger partial charge in [-0.15, -0.1) is 10.2 Å². The highest BCUT2D eigenvalue weighted by Crippen LogP contribution is 2.38. The van der Waals surface area contributed by atoms with Crippen LogP contribution in [-0.2, 0) is 15.6 Å². The van der Waals surface area contributed by atoms with Crippen LogP contribution in [-0.4, -0.2) is 50.6 Å². The van der Waals surface area contributed by atoms with E-state index in [1.54, 1.807) is 31.5 Å². The molecule has 1 aliphatic rings. The van der Waals surface area contributed by atoms with Crippen molar-refractivity contribution in [3.8, 4) is 16.9 Å². The number of hydrogen-bond acceptors (Lipinski definition) is 8. The molecule has 2 heterocycles. The Balaban J connectivity index is 1.68.